The lowest BCUT2D eigenvalue weighted by atomic mass is 10.1. The largest absolute Gasteiger partial charge is 0.319 e. The molecule has 0 bridgehead atoms. The number of hydrogen-bond acceptors (Lipinski definition) is 3. The molecule has 0 aliphatic rings. The van der Waals surface area contributed by atoms with Crippen molar-refractivity contribution < 1.29 is 4.79 Å². The van der Waals surface area contributed by atoms with Crippen molar-refractivity contribution in [1.82, 2.24) is 19.6 Å². The van der Waals surface area contributed by atoms with E-state index in [1.54, 1.807) is 0 Å². The van der Waals surface area contributed by atoms with Crippen molar-refractivity contribution in [2.24, 2.45) is 0 Å². The molecule has 2 aromatic heterocycles. The number of nitrogens with zero attached hydrogens (tertiary/aromatic N) is 4. The van der Waals surface area contributed by atoms with Crippen molar-refractivity contribution >= 4 is 11.6 Å². The fourth-order valence-electron chi connectivity index (χ4n) is 3.94. The maximum absolute atomic E-state index is 12.9. The molecule has 0 fully saturated rings. The van der Waals surface area contributed by atoms with E-state index in [4.69, 9.17) is 0 Å². The molecule has 4 aromatic rings. The first kappa shape index (κ1) is 21.6. The normalized spacial score (nSPS) is 11.0. The highest BCUT2D eigenvalue weighted by atomic mass is 16.1. The summed E-state index contributed by atoms with van der Waals surface area (Å²) in [5.41, 5.74) is 8.82. The predicted octanol–water partition coefficient (Wildman–Crippen LogP) is 4.97. The Kier molecular flexibility index (Phi) is 5.95. The Labute approximate surface area is 188 Å². The van der Waals surface area contributed by atoms with Crippen LogP contribution in [0.3, 0.4) is 0 Å². The Balaban J connectivity index is 1.47. The van der Waals surface area contributed by atoms with Crippen molar-refractivity contribution in [1.29, 1.82) is 0 Å². The van der Waals surface area contributed by atoms with Crippen LogP contribution >= 0.6 is 0 Å². The zero-order chi connectivity index (χ0) is 22.8. The number of hydrogen-bond donors (Lipinski definition) is 1. The van der Waals surface area contributed by atoms with Gasteiger partial charge in [-0.3, -0.25) is 14.2 Å². The number of aromatic nitrogens is 4. The highest BCUT2D eigenvalue weighted by Gasteiger charge is 2.16. The van der Waals surface area contributed by atoms with Crippen molar-refractivity contribution in [3.63, 3.8) is 0 Å². The van der Waals surface area contributed by atoms with Gasteiger partial charge in [-0.2, -0.15) is 10.2 Å². The van der Waals surface area contributed by atoms with Crippen LogP contribution in [0, 0.1) is 34.6 Å². The molecule has 0 unspecified atom stereocenters. The van der Waals surface area contributed by atoms with Gasteiger partial charge in [0, 0.05) is 11.3 Å². The topological polar surface area (TPSA) is 64.7 Å². The van der Waals surface area contributed by atoms with Crippen LogP contribution in [0.5, 0.6) is 0 Å². The van der Waals surface area contributed by atoms with Crippen LogP contribution in [0.15, 0.2) is 54.6 Å². The smallest absolute Gasteiger partial charge is 0.255 e. The summed E-state index contributed by atoms with van der Waals surface area (Å²) >= 11 is 0. The standard InChI is InChI=1S/C26H29N5O/c1-17-8-6-7-9-24(17)16-31-21(5)25(20(4)29-31)27-26(32)23-12-10-22(11-13-23)15-30-19(3)14-18(2)28-30/h6-14H,15-16H2,1-5H3,(H,27,32). The number of aryl methyl sites for hydroxylation is 4. The van der Waals surface area contributed by atoms with E-state index in [0.717, 1.165) is 34.0 Å². The monoisotopic (exact) mass is 427 g/mol. The molecule has 0 saturated carbocycles. The maximum Gasteiger partial charge on any atom is 0.255 e. The van der Waals surface area contributed by atoms with Gasteiger partial charge in [0.15, 0.2) is 0 Å². The number of carbonyl (C=O) groups excluding carboxylic acids is 1. The molecule has 0 atom stereocenters. The average molecular weight is 428 g/mol. The SMILES string of the molecule is Cc1cc(C)n(Cc2ccc(C(=O)Nc3c(C)nn(Cc4ccccc4C)c3C)cc2)n1. The zero-order valence-electron chi connectivity index (χ0n) is 19.3. The Bertz CT molecular complexity index is 1260. The van der Waals surface area contributed by atoms with E-state index < -0.39 is 0 Å². The number of nitrogens with one attached hydrogen (secondary N) is 1. The van der Waals surface area contributed by atoms with Crippen LogP contribution in [0.25, 0.3) is 0 Å². The van der Waals surface area contributed by atoms with Gasteiger partial charge >= 0.3 is 0 Å². The third kappa shape index (κ3) is 4.49. The summed E-state index contributed by atoms with van der Waals surface area (Å²) < 4.78 is 3.92. The minimum absolute atomic E-state index is 0.135. The molecule has 6 nitrogen and oxygen atoms in total. The van der Waals surface area contributed by atoms with Crippen molar-refractivity contribution in [2.75, 3.05) is 5.32 Å². The first-order valence-electron chi connectivity index (χ1n) is 10.8. The lowest BCUT2D eigenvalue weighted by molar-refractivity contribution is 0.102. The van der Waals surface area contributed by atoms with E-state index in [1.165, 1.54) is 11.1 Å². The molecule has 2 aromatic carbocycles. The molecule has 0 spiro atoms. The van der Waals surface area contributed by atoms with Gasteiger partial charge in [-0.05, 0) is 69.5 Å². The van der Waals surface area contributed by atoms with Crippen LogP contribution in [0.4, 0.5) is 5.69 Å². The summed E-state index contributed by atoms with van der Waals surface area (Å²) in [6, 6.07) is 18.0. The van der Waals surface area contributed by atoms with Crippen molar-refractivity contribution in [3.8, 4) is 0 Å². The van der Waals surface area contributed by atoms with Crippen molar-refractivity contribution in [2.45, 2.75) is 47.7 Å². The second kappa shape index (κ2) is 8.83. The molecular formula is C26H29N5O. The molecular weight excluding hydrogens is 398 g/mol. The van der Waals surface area contributed by atoms with Crippen LogP contribution < -0.4 is 5.32 Å². The first-order valence-corrected chi connectivity index (χ1v) is 10.8. The van der Waals surface area contributed by atoms with Crippen LogP contribution in [0.2, 0.25) is 0 Å². The molecule has 32 heavy (non-hydrogen) atoms. The number of carbonyl (C=O) groups is 1. The molecule has 1 amide bonds. The van der Waals surface area contributed by atoms with E-state index >= 15 is 0 Å². The van der Waals surface area contributed by atoms with Gasteiger partial charge < -0.3 is 5.32 Å². The second-order valence-corrected chi connectivity index (χ2v) is 8.37. The van der Waals surface area contributed by atoms with E-state index in [0.29, 0.717) is 18.7 Å². The van der Waals surface area contributed by atoms with E-state index in [1.807, 2.05) is 73.5 Å². The summed E-state index contributed by atoms with van der Waals surface area (Å²) in [6.45, 7) is 11.4. The molecule has 4 rings (SSSR count). The highest BCUT2D eigenvalue weighted by Crippen LogP contribution is 2.22. The van der Waals surface area contributed by atoms with Crippen LogP contribution in [-0.2, 0) is 13.1 Å². The quantitative estimate of drug-likeness (QED) is 0.472. The van der Waals surface area contributed by atoms with E-state index in [-0.39, 0.29) is 5.91 Å². The number of rotatable bonds is 6. The Morgan fingerprint density at radius 2 is 1.59 bits per heavy atom. The molecule has 0 aliphatic carbocycles. The lowest BCUT2D eigenvalue weighted by Gasteiger charge is -2.10. The summed E-state index contributed by atoms with van der Waals surface area (Å²) in [4.78, 5) is 12.9. The average Bonchev–Trinajstić information content (AvgIpc) is 3.22. The molecule has 0 aliphatic heterocycles. The predicted molar refractivity (Wildman–Crippen MR) is 127 cm³/mol. The zero-order valence-corrected chi connectivity index (χ0v) is 19.3. The number of benzene rings is 2. The summed E-state index contributed by atoms with van der Waals surface area (Å²) in [7, 11) is 0. The van der Waals surface area contributed by atoms with Gasteiger partial charge in [-0.1, -0.05) is 36.4 Å². The van der Waals surface area contributed by atoms with Crippen LogP contribution in [0.1, 0.15) is 49.8 Å². The summed E-state index contributed by atoms with van der Waals surface area (Å²) in [5.74, 6) is -0.135. The van der Waals surface area contributed by atoms with Gasteiger partial charge in [0.25, 0.3) is 5.91 Å². The molecule has 0 saturated heterocycles. The van der Waals surface area contributed by atoms with E-state index in [9.17, 15) is 4.79 Å². The fourth-order valence-corrected chi connectivity index (χ4v) is 3.94. The highest BCUT2D eigenvalue weighted by molar-refractivity contribution is 6.04. The lowest BCUT2D eigenvalue weighted by Crippen LogP contribution is -2.14. The number of amides is 1. The Hall–Kier alpha value is -3.67. The van der Waals surface area contributed by atoms with Gasteiger partial charge in [-0.15, -0.1) is 0 Å². The summed E-state index contributed by atoms with van der Waals surface area (Å²) in [6.07, 6.45) is 0. The molecule has 6 heteroatoms. The first-order chi connectivity index (χ1) is 15.3. The molecule has 0 radical (unpaired) electrons. The van der Waals surface area contributed by atoms with Crippen molar-refractivity contribution in [3.05, 3.63) is 99.6 Å². The molecule has 164 valence electrons. The molecule has 2 heterocycles. The van der Waals surface area contributed by atoms with E-state index in [2.05, 4.69) is 40.6 Å². The molecule has 1 N–H and O–H groups in total. The van der Waals surface area contributed by atoms with Crippen LogP contribution in [-0.4, -0.2) is 25.5 Å². The van der Waals surface area contributed by atoms with Gasteiger partial charge in [-0.25, -0.2) is 0 Å². The van der Waals surface area contributed by atoms with Gasteiger partial charge in [0.05, 0.1) is 35.9 Å². The number of anilines is 1. The van der Waals surface area contributed by atoms with Gasteiger partial charge in [0.1, 0.15) is 0 Å². The Morgan fingerprint density at radius 3 is 2.25 bits per heavy atom. The Morgan fingerprint density at radius 1 is 0.875 bits per heavy atom. The minimum atomic E-state index is -0.135. The maximum atomic E-state index is 12.9. The fraction of sp³-hybridized carbons (Fsp3) is 0.269. The minimum Gasteiger partial charge on any atom is -0.319 e. The third-order valence-corrected chi connectivity index (χ3v) is 5.85. The third-order valence-electron chi connectivity index (χ3n) is 5.85. The van der Waals surface area contributed by atoms with Gasteiger partial charge in [0.2, 0.25) is 0 Å². The second-order valence-electron chi connectivity index (χ2n) is 8.37. The summed E-state index contributed by atoms with van der Waals surface area (Å²) in [5, 5.41) is 12.2.